The van der Waals surface area contributed by atoms with Gasteiger partial charge in [-0.15, -0.1) is 0 Å². The van der Waals surface area contributed by atoms with E-state index >= 15 is 0 Å². The van der Waals surface area contributed by atoms with Crippen LogP contribution in [0, 0.1) is 0 Å². The van der Waals surface area contributed by atoms with Crippen LogP contribution in [0.4, 0.5) is 0 Å². The average Bonchev–Trinajstić information content (AvgIpc) is 3.22. The molecule has 142 valence electrons. The molecule has 1 N–H and O–H groups in total. The van der Waals surface area contributed by atoms with E-state index in [9.17, 15) is 14.4 Å². The average molecular weight is 369 g/mol. The Balaban J connectivity index is 1.58. The van der Waals surface area contributed by atoms with Gasteiger partial charge in [0.25, 0.3) is 5.91 Å². The molecule has 2 heterocycles. The molecule has 2 aromatic rings. The highest BCUT2D eigenvalue weighted by Gasteiger charge is 2.27. The van der Waals surface area contributed by atoms with Gasteiger partial charge < -0.3 is 19.5 Å². The fraction of sp³-hybridized carbons (Fsp3) is 0.350. The number of nitrogens with zero attached hydrogens (tertiary/aromatic N) is 2. The van der Waals surface area contributed by atoms with Gasteiger partial charge in [-0.05, 0) is 17.7 Å². The number of hydrogen-bond acceptors (Lipinski definition) is 4. The number of piperazine rings is 1. The minimum Gasteiger partial charge on any atom is -0.459 e. The Bertz CT molecular complexity index is 781. The third kappa shape index (κ3) is 4.75. The molecule has 1 unspecified atom stereocenters. The first-order chi connectivity index (χ1) is 13.0. The molecule has 1 aromatic heterocycles. The van der Waals surface area contributed by atoms with Crippen LogP contribution in [0.5, 0.6) is 0 Å². The van der Waals surface area contributed by atoms with Gasteiger partial charge in [0.1, 0.15) is 0 Å². The van der Waals surface area contributed by atoms with Crippen LogP contribution in [0.25, 0.3) is 0 Å². The van der Waals surface area contributed by atoms with Crippen LogP contribution < -0.4 is 5.32 Å². The second-order valence-electron chi connectivity index (χ2n) is 6.52. The SMILES string of the molecule is CC(=O)NC(CC(=O)N1CCN(C(=O)c2ccco2)CC1)c1ccccc1. The zero-order chi connectivity index (χ0) is 19.2. The van der Waals surface area contributed by atoms with Crippen molar-refractivity contribution in [2.45, 2.75) is 19.4 Å². The third-order valence-corrected chi connectivity index (χ3v) is 4.61. The molecule has 0 bridgehead atoms. The molecule has 0 radical (unpaired) electrons. The van der Waals surface area contributed by atoms with Crippen molar-refractivity contribution < 1.29 is 18.8 Å². The van der Waals surface area contributed by atoms with Gasteiger partial charge in [0.05, 0.1) is 18.7 Å². The van der Waals surface area contributed by atoms with Crippen LogP contribution in [0.15, 0.2) is 53.1 Å². The number of carbonyl (C=O) groups is 3. The summed E-state index contributed by atoms with van der Waals surface area (Å²) in [6.07, 6.45) is 1.66. The van der Waals surface area contributed by atoms with E-state index in [2.05, 4.69) is 5.32 Å². The first kappa shape index (κ1) is 18.7. The molecular weight excluding hydrogens is 346 g/mol. The standard InChI is InChI=1S/C20H23N3O4/c1-15(24)21-17(16-6-3-2-4-7-16)14-19(25)22-9-11-23(12-10-22)20(26)18-8-5-13-27-18/h2-8,13,17H,9-12,14H2,1H3,(H,21,24). The van der Waals surface area contributed by atoms with Crippen molar-refractivity contribution in [3.8, 4) is 0 Å². The van der Waals surface area contributed by atoms with Crippen molar-refractivity contribution in [2.24, 2.45) is 0 Å². The molecule has 1 atom stereocenters. The molecule has 0 spiro atoms. The molecule has 0 saturated carbocycles. The van der Waals surface area contributed by atoms with Crippen molar-refractivity contribution in [3.05, 3.63) is 60.1 Å². The summed E-state index contributed by atoms with van der Waals surface area (Å²) < 4.78 is 5.15. The van der Waals surface area contributed by atoms with Crippen molar-refractivity contribution in [3.63, 3.8) is 0 Å². The van der Waals surface area contributed by atoms with Crippen LogP contribution in [-0.2, 0) is 9.59 Å². The third-order valence-electron chi connectivity index (χ3n) is 4.61. The Morgan fingerprint density at radius 3 is 2.26 bits per heavy atom. The second-order valence-corrected chi connectivity index (χ2v) is 6.52. The molecule has 0 aliphatic carbocycles. The van der Waals surface area contributed by atoms with Gasteiger partial charge in [-0.25, -0.2) is 0 Å². The molecule has 3 rings (SSSR count). The van der Waals surface area contributed by atoms with E-state index in [1.165, 1.54) is 13.2 Å². The summed E-state index contributed by atoms with van der Waals surface area (Å²) in [5.74, 6) is -0.0645. The predicted octanol–water partition coefficient (Wildman–Crippen LogP) is 1.83. The van der Waals surface area contributed by atoms with Gasteiger partial charge in [-0.2, -0.15) is 0 Å². The lowest BCUT2D eigenvalue weighted by atomic mass is 10.0. The predicted molar refractivity (Wildman–Crippen MR) is 98.8 cm³/mol. The normalized spacial score (nSPS) is 15.3. The van der Waals surface area contributed by atoms with Gasteiger partial charge in [0, 0.05) is 33.1 Å². The maximum atomic E-state index is 12.7. The zero-order valence-corrected chi connectivity index (χ0v) is 15.3. The summed E-state index contributed by atoms with van der Waals surface area (Å²) in [7, 11) is 0. The minimum absolute atomic E-state index is 0.0392. The quantitative estimate of drug-likeness (QED) is 0.872. The van der Waals surface area contributed by atoms with E-state index in [4.69, 9.17) is 4.42 Å². The highest BCUT2D eigenvalue weighted by Crippen LogP contribution is 2.19. The smallest absolute Gasteiger partial charge is 0.289 e. The van der Waals surface area contributed by atoms with Gasteiger partial charge >= 0.3 is 0 Å². The minimum atomic E-state index is -0.362. The first-order valence-electron chi connectivity index (χ1n) is 8.97. The van der Waals surface area contributed by atoms with Gasteiger partial charge in [0.15, 0.2) is 5.76 Å². The lowest BCUT2D eigenvalue weighted by Gasteiger charge is -2.35. The summed E-state index contributed by atoms with van der Waals surface area (Å²) >= 11 is 0. The molecule has 27 heavy (non-hydrogen) atoms. The number of benzene rings is 1. The highest BCUT2D eigenvalue weighted by molar-refractivity contribution is 5.91. The maximum Gasteiger partial charge on any atom is 0.289 e. The van der Waals surface area contributed by atoms with E-state index < -0.39 is 0 Å². The molecular formula is C20H23N3O4. The van der Waals surface area contributed by atoms with Gasteiger partial charge in [-0.3, -0.25) is 14.4 Å². The fourth-order valence-corrected chi connectivity index (χ4v) is 3.20. The number of nitrogens with one attached hydrogen (secondary N) is 1. The summed E-state index contributed by atoms with van der Waals surface area (Å²) in [6.45, 7) is 3.29. The summed E-state index contributed by atoms with van der Waals surface area (Å²) in [6, 6.07) is 12.4. The second kappa shape index (κ2) is 8.53. The molecule has 1 fully saturated rings. The van der Waals surface area contributed by atoms with Crippen LogP contribution in [-0.4, -0.2) is 53.7 Å². The van der Waals surface area contributed by atoms with E-state index in [1.807, 2.05) is 30.3 Å². The fourth-order valence-electron chi connectivity index (χ4n) is 3.20. The maximum absolute atomic E-state index is 12.7. The van der Waals surface area contributed by atoms with Crippen molar-refractivity contribution >= 4 is 17.7 Å². The Kier molecular flexibility index (Phi) is 5.90. The van der Waals surface area contributed by atoms with Crippen molar-refractivity contribution in [1.29, 1.82) is 0 Å². The molecule has 7 nitrogen and oxygen atoms in total. The first-order valence-corrected chi connectivity index (χ1v) is 8.97. The highest BCUT2D eigenvalue weighted by atomic mass is 16.3. The topological polar surface area (TPSA) is 82.9 Å². The molecule has 3 amide bonds. The van der Waals surface area contributed by atoms with Crippen LogP contribution >= 0.6 is 0 Å². The number of amides is 3. The summed E-state index contributed by atoms with van der Waals surface area (Å²) in [4.78, 5) is 40.0. The lowest BCUT2D eigenvalue weighted by Crippen LogP contribution is -2.51. The zero-order valence-electron chi connectivity index (χ0n) is 15.3. The Morgan fingerprint density at radius 2 is 1.67 bits per heavy atom. The van der Waals surface area contributed by atoms with Gasteiger partial charge in [0.2, 0.25) is 11.8 Å². The summed E-state index contributed by atoms with van der Waals surface area (Å²) in [5.41, 5.74) is 0.896. The Morgan fingerprint density at radius 1 is 1.00 bits per heavy atom. The molecule has 1 aromatic carbocycles. The molecule has 1 aliphatic heterocycles. The number of rotatable bonds is 5. The largest absolute Gasteiger partial charge is 0.459 e. The summed E-state index contributed by atoms with van der Waals surface area (Å²) in [5, 5.41) is 2.85. The number of carbonyl (C=O) groups excluding carboxylic acids is 3. The molecule has 7 heteroatoms. The number of furan rings is 1. The van der Waals surface area contributed by atoms with E-state index in [-0.39, 0.29) is 30.2 Å². The van der Waals surface area contributed by atoms with Crippen LogP contribution in [0.2, 0.25) is 0 Å². The van der Waals surface area contributed by atoms with Crippen LogP contribution in [0.1, 0.15) is 35.5 Å². The molecule has 1 saturated heterocycles. The van der Waals surface area contributed by atoms with E-state index in [0.717, 1.165) is 5.56 Å². The van der Waals surface area contributed by atoms with E-state index in [0.29, 0.717) is 31.9 Å². The van der Waals surface area contributed by atoms with Crippen molar-refractivity contribution in [2.75, 3.05) is 26.2 Å². The lowest BCUT2D eigenvalue weighted by molar-refractivity contribution is -0.133. The monoisotopic (exact) mass is 369 g/mol. The van der Waals surface area contributed by atoms with Crippen molar-refractivity contribution in [1.82, 2.24) is 15.1 Å². The Labute approximate surface area is 157 Å². The van der Waals surface area contributed by atoms with E-state index in [1.54, 1.807) is 21.9 Å². The number of hydrogen-bond donors (Lipinski definition) is 1. The molecule has 1 aliphatic rings. The van der Waals surface area contributed by atoms with Crippen LogP contribution in [0.3, 0.4) is 0 Å². The van der Waals surface area contributed by atoms with Gasteiger partial charge in [-0.1, -0.05) is 30.3 Å². The Hall–Kier alpha value is -3.09.